The molecule has 1 aliphatic rings. The van der Waals surface area contributed by atoms with Crippen LogP contribution in [0.1, 0.15) is 29.0 Å². The third-order valence-electron chi connectivity index (χ3n) is 5.00. The number of nitrogens with one attached hydrogen (secondary N) is 2. The lowest BCUT2D eigenvalue weighted by Gasteiger charge is -2.16. The van der Waals surface area contributed by atoms with Crippen molar-refractivity contribution in [2.45, 2.75) is 32.4 Å². The summed E-state index contributed by atoms with van der Waals surface area (Å²) >= 11 is 1.72. The van der Waals surface area contributed by atoms with Crippen molar-refractivity contribution < 1.29 is 9.21 Å². The number of guanidine groups is 1. The maximum atomic E-state index is 11.9. The SMILES string of the molecule is O=C1CCCN1c1ccc(CN=C(NCCc2ccco2)NCc2cccs2)cc1. The maximum Gasteiger partial charge on any atom is 0.227 e. The van der Waals surface area contributed by atoms with Crippen LogP contribution in [-0.4, -0.2) is 25.0 Å². The average molecular weight is 423 g/mol. The summed E-state index contributed by atoms with van der Waals surface area (Å²) in [7, 11) is 0. The zero-order valence-corrected chi connectivity index (χ0v) is 17.7. The number of furan rings is 1. The fourth-order valence-electron chi connectivity index (χ4n) is 3.39. The predicted octanol–water partition coefficient (Wildman–Crippen LogP) is 3.95. The highest BCUT2D eigenvalue weighted by atomic mass is 32.1. The molecule has 0 unspecified atom stereocenters. The van der Waals surface area contributed by atoms with Crippen LogP contribution in [0.3, 0.4) is 0 Å². The lowest BCUT2D eigenvalue weighted by Crippen LogP contribution is -2.38. The van der Waals surface area contributed by atoms with E-state index in [1.165, 1.54) is 4.88 Å². The number of hydrogen-bond acceptors (Lipinski definition) is 4. The lowest BCUT2D eigenvalue weighted by atomic mass is 10.2. The molecule has 1 aliphatic heterocycles. The van der Waals surface area contributed by atoms with Crippen LogP contribution in [0.2, 0.25) is 0 Å². The number of carbonyl (C=O) groups excluding carboxylic acids is 1. The van der Waals surface area contributed by atoms with Crippen LogP contribution in [0.25, 0.3) is 0 Å². The van der Waals surface area contributed by atoms with Crippen molar-refractivity contribution in [1.29, 1.82) is 0 Å². The summed E-state index contributed by atoms with van der Waals surface area (Å²) in [6, 6.07) is 16.2. The Morgan fingerprint density at radius 2 is 2.03 bits per heavy atom. The largest absolute Gasteiger partial charge is 0.469 e. The molecule has 3 heterocycles. The van der Waals surface area contributed by atoms with Gasteiger partial charge in [-0.1, -0.05) is 18.2 Å². The number of benzene rings is 1. The Kier molecular flexibility index (Phi) is 6.82. The topological polar surface area (TPSA) is 69.9 Å². The first kappa shape index (κ1) is 20.2. The summed E-state index contributed by atoms with van der Waals surface area (Å²) in [5.74, 6) is 1.93. The van der Waals surface area contributed by atoms with Crippen LogP contribution in [0, 0.1) is 0 Å². The zero-order chi connectivity index (χ0) is 20.6. The van der Waals surface area contributed by atoms with Gasteiger partial charge in [0.1, 0.15) is 5.76 Å². The monoisotopic (exact) mass is 422 g/mol. The minimum absolute atomic E-state index is 0.210. The van der Waals surface area contributed by atoms with E-state index in [0.29, 0.717) is 13.0 Å². The van der Waals surface area contributed by atoms with Gasteiger partial charge in [-0.05, 0) is 47.7 Å². The zero-order valence-electron chi connectivity index (χ0n) is 16.8. The molecule has 0 aliphatic carbocycles. The lowest BCUT2D eigenvalue weighted by molar-refractivity contribution is -0.117. The molecular weight excluding hydrogens is 396 g/mol. The van der Waals surface area contributed by atoms with Gasteiger partial charge in [0.05, 0.1) is 19.4 Å². The highest BCUT2D eigenvalue weighted by Crippen LogP contribution is 2.21. The maximum absolute atomic E-state index is 11.9. The summed E-state index contributed by atoms with van der Waals surface area (Å²) < 4.78 is 5.40. The summed E-state index contributed by atoms with van der Waals surface area (Å²) in [6.07, 6.45) is 4.08. The molecule has 0 atom stereocenters. The Bertz CT molecular complexity index is 950. The van der Waals surface area contributed by atoms with Gasteiger partial charge in [0.15, 0.2) is 5.96 Å². The van der Waals surface area contributed by atoms with Crippen molar-refractivity contribution in [2.24, 2.45) is 4.99 Å². The second kappa shape index (κ2) is 10.1. The molecule has 30 heavy (non-hydrogen) atoms. The smallest absolute Gasteiger partial charge is 0.227 e. The molecule has 0 spiro atoms. The summed E-state index contributed by atoms with van der Waals surface area (Å²) in [6.45, 7) is 2.85. The van der Waals surface area contributed by atoms with Crippen LogP contribution >= 0.6 is 11.3 Å². The normalized spacial score (nSPS) is 14.3. The Morgan fingerprint density at radius 1 is 1.13 bits per heavy atom. The molecule has 0 bridgehead atoms. The molecule has 1 fully saturated rings. The number of hydrogen-bond donors (Lipinski definition) is 2. The molecule has 4 rings (SSSR count). The second-order valence-electron chi connectivity index (χ2n) is 7.17. The van der Waals surface area contributed by atoms with Gasteiger partial charge in [-0.3, -0.25) is 4.79 Å². The van der Waals surface area contributed by atoms with Crippen molar-refractivity contribution in [1.82, 2.24) is 10.6 Å². The number of rotatable bonds is 8. The van der Waals surface area contributed by atoms with E-state index in [1.807, 2.05) is 41.3 Å². The molecule has 2 N–H and O–H groups in total. The van der Waals surface area contributed by atoms with E-state index in [2.05, 4.69) is 28.1 Å². The van der Waals surface area contributed by atoms with Gasteiger partial charge in [0, 0.05) is 36.5 Å². The molecule has 1 amide bonds. The Hall–Kier alpha value is -3.06. The first-order valence-electron chi connectivity index (χ1n) is 10.2. The van der Waals surface area contributed by atoms with E-state index >= 15 is 0 Å². The number of thiophene rings is 1. The van der Waals surface area contributed by atoms with Crippen molar-refractivity contribution in [2.75, 3.05) is 18.0 Å². The fraction of sp³-hybridized carbons (Fsp3) is 0.304. The van der Waals surface area contributed by atoms with Gasteiger partial charge in [0.25, 0.3) is 0 Å². The second-order valence-corrected chi connectivity index (χ2v) is 8.20. The molecule has 6 nitrogen and oxygen atoms in total. The van der Waals surface area contributed by atoms with Crippen LogP contribution in [0.15, 0.2) is 69.6 Å². The molecule has 0 radical (unpaired) electrons. The highest BCUT2D eigenvalue weighted by molar-refractivity contribution is 7.09. The Labute approximate surface area is 180 Å². The minimum Gasteiger partial charge on any atom is -0.469 e. The van der Waals surface area contributed by atoms with Crippen LogP contribution in [-0.2, 0) is 24.3 Å². The van der Waals surface area contributed by atoms with Gasteiger partial charge >= 0.3 is 0 Å². The quantitative estimate of drug-likeness (QED) is 0.426. The minimum atomic E-state index is 0.210. The fourth-order valence-corrected chi connectivity index (χ4v) is 4.03. The van der Waals surface area contributed by atoms with E-state index < -0.39 is 0 Å². The van der Waals surface area contributed by atoms with Crippen LogP contribution in [0.5, 0.6) is 0 Å². The molecule has 1 aromatic carbocycles. The van der Waals surface area contributed by atoms with Crippen molar-refractivity contribution >= 4 is 28.9 Å². The summed E-state index contributed by atoms with van der Waals surface area (Å²) in [5, 5.41) is 8.86. The third kappa shape index (κ3) is 5.51. The number of anilines is 1. The van der Waals surface area contributed by atoms with Gasteiger partial charge < -0.3 is 20.0 Å². The molecule has 156 valence electrons. The van der Waals surface area contributed by atoms with Crippen LogP contribution in [0.4, 0.5) is 5.69 Å². The highest BCUT2D eigenvalue weighted by Gasteiger charge is 2.21. The summed E-state index contributed by atoms with van der Waals surface area (Å²) in [4.78, 5) is 19.8. The number of nitrogens with zero attached hydrogens (tertiary/aromatic N) is 2. The van der Waals surface area contributed by atoms with Gasteiger partial charge in [-0.2, -0.15) is 0 Å². The van der Waals surface area contributed by atoms with E-state index in [9.17, 15) is 4.79 Å². The molecule has 2 aromatic heterocycles. The standard InChI is InChI=1S/C23H26N4O2S/c28-22-6-1-13-27(22)19-9-7-18(8-10-19)16-25-23(26-17-21-5-3-15-30-21)24-12-11-20-4-2-14-29-20/h2-5,7-10,14-15H,1,6,11-13,16-17H2,(H2,24,25,26). The molecular formula is C23H26N4O2S. The number of amides is 1. The van der Waals surface area contributed by atoms with E-state index in [4.69, 9.17) is 9.41 Å². The van der Waals surface area contributed by atoms with Crippen molar-refractivity contribution in [3.8, 4) is 0 Å². The average Bonchev–Trinajstić information content (AvgIpc) is 3.53. The van der Waals surface area contributed by atoms with Crippen molar-refractivity contribution in [3.05, 3.63) is 76.4 Å². The van der Waals surface area contributed by atoms with E-state index in [1.54, 1.807) is 17.6 Å². The van der Waals surface area contributed by atoms with E-state index in [0.717, 1.165) is 55.4 Å². The molecule has 1 saturated heterocycles. The van der Waals surface area contributed by atoms with E-state index in [-0.39, 0.29) is 5.91 Å². The Balaban J connectivity index is 1.36. The summed E-state index contributed by atoms with van der Waals surface area (Å²) in [5.41, 5.74) is 2.08. The molecule has 0 saturated carbocycles. The van der Waals surface area contributed by atoms with Crippen LogP contribution < -0.4 is 15.5 Å². The first-order chi connectivity index (χ1) is 14.8. The van der Waals surface area contributed by atoms with Gasteiger partial charge in [-0.25, -0.2) is 4.99 Å². The third-order valence-corrected chi connectivity index (χ3v) is 5.87. The molecule has 3 aromatic rings. The molecule has 7 heteroatoms. The number of aliphatic imine (C=N–C) groups is 1. The predicted molar refractivity (Wildman–Crippen MR) is 121 cm³/mol. The first-order valence-corrected chi connectivity index (χ1v) is 11.1. The van der Waals surface area contributed by atoms with Gasteiger partial charge in [-0.15, -0.1) is 11.3 Å². The Morgan fingerprint density at radius 3 is 2.73 bits per heavy atom. The number of carbonyl (C=O) groups is 1. The van der Waals surface area contributed by atoms with Crippen molar-refractivity contribution in [3.63, 3.8) is 0 Å². The van der Waals surface area contributed by atoms with Gasteiger partial charge in [0.2, 0.25) is 5.91 Å².